The number of ether oxygens (including phenoxy) is 1. The van der Waals surface area contributed by atoms with Crippen LogP contribution in [0.1, 0.15) is 77.8 Å². The Morgan fingerprint density at radius 2 is 1.49 bits per heavy atom. The highest BCUT2D eigenvalue weighted by Crippen LogP contribution is 2.54. The lowest BCUT2D eigenvalue weighted by Crippen LogP contribution is -2.61. The second kappa shape index (κ2) is 14.7. The summed E-state index contributed by atoms with van der Waals surface area (Å²) in [5.41, 5.74) is 0.166. The van der Waals surface area contributed by atoms with Gasteiger partial charge in [-0.1, -0.05) is 68.2 Å². The molecule has 1 fully saturated rings. The molecule has 0 bridgehead atoms. The fourth-order valence-electron chi connectivity index (χ4n) is 6.76. The van der Waals surface area contributed by atoms with E-state index >= 15 is 4.79 Å². The van der Waals surface area contributed by atoms with Gasteiger partial charge in [0.2, 0.25) is 5.91 Å². The minimum atomic E-state index is -1.06. The van der Waals surface area contributed by atoms with E-state index in [4.69, 9.17) is 37.9 Å². The van der Waals surface area contributed by atoms with Crippen LogP contribution in [-0.4, -0.2) is 94.0 Å². The van der Waals surface area contributed by atoms with Gasteiger partial charge in [-0.05, 0) is 70.0 Å². The Morgan fingerprint density at radius 3 is 2.02 bits per heavy atom. The zero-order valence-electron chi connectivity index (χ0n) is 30.9. The molecule has 10 nitrogen and oxygen atoms in total. The number of aliphatic imine (C=N–C) groups is 1. The molecule has 2 aromatic carbocycles. The van der Waals surface area contributed by atoms with Crippen molar-refractivity contribution < 1.29 is 19.4 Å². The number of amides is 3. The van der Waals surface area contributed by atoms with Gasteiger partial charge in [0.05, 0.1) is 30.9 Å². The average Bonchev–Trinajstić information content (AvgIpc) is 3.32. The van der Waals surface area contributed by atoms with Gasteiger partial charge in [-0.3, -0.25) is 24.6 Å². The number of hydrogen-bond donors (Lipinski definition) is 2. The summed E-state index contributed by atoms with van der Waals surface area (Å²) in [6.45, 7) is 18.1. The fourth-order valence-corrected chi connectivity index (χ4v) is 7.01. The van der Waals surface area contributed by atoms with Crippen LogP contribution in [0.2, 0.25) is 10.0 Å². The van der Waals surface area contributed by atoms with Crippen molar-refractivity contribution in [3.63, 3.8) is 0 Å². The highest BCUT2D eigenvalue weighted by Gasteiger charge is 2.60. The molecule has 2 atom stereocenters. The van der Waals surface area contributed by atoms with E-state index in [0.29, 0.717) is 60.0 Å². The van der Waals surface area contributed by atoms with Gasteiger partial charge in [0.1, 0.15) is 22.7 Å². The third kappa shape index (κ3) is 7.75. The Bertz CT molecular complexity index is 1770. The quantitative estimate of drug-likeness (QED) is 0.256. The molecule has 274 valence electrons. The number of urea groups is 1. The fraction of sp³-hybridized carbons (Fsp3) is 0.487. The largest absolute Gasteiger partial charge is 0.493 e. The van der Waals surface area contributed by atoms with Crippen LogP contribution in [0.3, 0.4) is 0 Å². The molecule has 1 saturated heterocycles. The summed E-state index contributed by atoms with van der Waals surface area (Å²) in [6.07, 6.45) is 1.77. The topological polar surface area (TPSA) is 111 Å². The molecule has 12 heteroatoms. The summed E-state index contributed by atoms with van der Waals surface area (Å²) in [4.78, 5) is 44.0. The number of hydrogen-bond acceptors (Lipinski definition) is 7. The lowest BCUT2D eigenvalue weighted by Gasteiger charge is -2.47. The first-order valence-corrected chi connectivity index (χ1v) is 18.2. The van der Waals surface area contributed by atoms with Gasteiger partial charge >= 0.3 is 6.03 Å². The van der Waals surface area contributed by atoms with Crippen LogP contribution < -0.4 is 10.1 Å². The Hall–Kier alpha value is -3.70. The molecule has 3 aromatic rings. The average molecular weight is 738 g/mol. The van der Waals surface area contributed by atoms with Crippen molar-refractivity contribution in [1.29, 1.82) is 0 Å². The van der Waals surface area contributed by atoms with E-state index in [1.54, 1.807) is 24.9 Å². The van der Waals surface area contributed by atoms with Crippen molar-refractivity contribution in [1.82, 2.24) is 25.0 Å². The SMILES string of the molecule is CCOc1cc(C(C)(C)C)ncc1C1=N[C@@](C)(c2ccc(Cl)cc2)[C@@](C)(c2ccc(Cl)cc2)N1C(=O)N1CCN(CC(=O)NC(C)(C)CO)CC1. The van der Waals surface area contributed by atoms with E-state index < -0.39 is 16.6 Å². The molecule has 0 aliphatic carbocycles. The van der Waals surface area contributed by atoms with Crippen LogP contribution >= 0.6 is 23.2 Å². The van der Waals surface area contributed by atoms with Crippen molar-refractivity contribution in [2.75, 3.05) is 45.9 Å². The number of nitrogens with one attached hydrogen (secondary N) is 1. The molecular formula is C39H50Cl2N6O4. The molecular weight excluding hydrogens is 687 g/mol. The van der Waals surface area contributed by atoms with Crippen LogP contribution in [0, 0.1) is 0 Å². The number of carbonyl (C=O) groups is 2. The summed E-state index contributed by atoms with van der Waals surface area (Å²) in [5, 5.41) is 13.6. The predicted molar refractivity (Wildman–Crippen MR) is 203 cm³/mol. The van der Waals surface area contributed by atoms with Gasteiger partial charge in [0.15, 0.2) is 0 Å². The maximum absolute atomic E-state index is 15.2. The standard InChI is InChI=1S/C39H50Cl2N6O4/c1-9-51-31-22-32(36(2,3)4)42-23-30(31)34-44-38(7,26-10-14-28(40)15-11-26)39(8,27-12-16-29(41)17-13-27)47(34)35(50)46-20-18-45(19-21-46)24-33(49)43-37(5,6)25-48/h10-17,22-23,48H,9,18-21,24-25H2,1-8H3,(H,43,49)/t38-,39+/m0/s1. The van der Waals surface area contributed by atoms with Crippen LogP contribution in [0.25, 0.3) is 0 Å². The summed E-state index contributed by atoms with van der Waals surface area (Å²) < 4.78 is 6.26. The van der Waals surface area contributed by atoms with Gasteiger partial charge < -0.3 is 20.1 Å². The molecule has 5 rings (SSSR count). The number of piperazine rings is 1. The van der Waals surface area contributed by atoms with Gasteiger partial charge in [0.25, 0.3) is 0 Å². The first-order chi connectivity index (χ1) is 23.9. The van der Waals surface area contributed by atoms with Crippen molar-refractivity contribution in [2.24, 2.45) is 4.99 Å². The molecule has 0 spiro atoms. The van der Waals surface area contributed by atoms with Gasteiger partial charge in [-0.2, -0.15) is 0 Å². The molecule has 3 amide bonds. The van der Waals surface area contributed by atoms with E-state index in [1.807, 2.05) is 85.2 Å². The molecule has 3 heterocycles. The lowest BCUT2D eigenvalue weighted by atomic mass is 9.71. The van der Waals surface area contributed by atoms with E-state index in [2.05, 4.69) is 26.1 Å². The molecule has 2 aliphatic heterocycles. The Labute approximate surface area is 311 Å². The highest BCUT2D eigenvalue weighted by molar-refractivity contribution is 6.30. The predicted octanol–water partition coefficient (Wildman–Crippen LogP) is 6.60. The normalized spacial score (nSPS) is 21.4. The third-order valence-electron chi connectivity index (χ3n) is 10.00. The number of pyridine rings is 1. The van der Waals surface area contributed by atoms with Gasteiger partial charge in [-0.25, -0.2) is 4.79 Å². The van der Waals surface area contributed by atoms with E-state index in [9.17, 15) is 9.90 Å². The second-order valence-corrected chi connectivity index (χ2v) is 16.2. The number of rotatable bonds is 9. The number of aliphatic hydroxyl groups excluding tert-OH is 1. The summed E-state index contributed by atoms with van der Waals surface area (Å²) >= 11 is 12.8. The number of carbonyl (C=O) groups excluding carboxylic acids is 2. The number of aliphatic hydroxyl groups is 1. The van der Waals surface area contributed by atoms with Gasteiger partial charge in [0, 0.05) is 59.6 Å². The van der Waals surface area contributed by atoms with Crippen LogP contribution in [0.15, 0.2) is 65.8 Å². The maximum atomic E-state index is 15.2. The minimum absolute atomic E-state index is 0.165. The summed E-state index contributed by atoms with van der Waals surface area (Å²) in [7, 11) is 0. The van der Waals surface area contributed by atoms with Crippen LogP contribution in [-0.2, 0) is 21.3 Å². The Kier molecular flexibility index (Phi) is 11.1. The number of amidine groups is 1. The van der Waals surface area contributed by atoms with Crippen molar-refractivity contribution in [3.05, 3.63) is 93.2 Å². The Morgan fingerprint density at radius 1 is 0.922 bits per heavy atom. The number of benzene rings is 2. The summed E-state index contributed by atoms with van der Waals surface area (Å²) in [6, 6.07) is 16.9. The van der Waals surface area contributed by atoms with E-state index in [0.717, 1.165) is 16.8 Å². The first-order valence-electron chi connectivity index (χ1n) is 17.4. The number of aromatic nitrogens is 1. The molecule has 2 aliphatic rings. The maximum Gasteiger partial charge on any atom is 0.326 e. The highest BCUT2D eigenvalue weighted by atomic mass is 35.5. The van der Waals surface area contributed by atoms with Crippen molar-refractivity contribution >= 4 is 41.0 Å². The minimum Gasteiger partial charge on any atom is -0.493 e. The molecule has 0 saturated carbocycles. The molecule has 1 aromatic heterocycles. The van der Waals surface area contributed by atoms with E-state index in [1.165, 1.54) is 0 Å². The molecule has 2 N–H and O–H groups in total. The first kappa shape index (κ1) is 38.5. The second-order valence-electron chi connectivity index (χ2n) is 15.3. The monoisotopic (exact) mass is 736 g/mol. The van der Waals surface area contributed by atoms with Crippen LogP contribution in [0.4, 0.5) is 4.79 Å². The Balaban J connectivity index is 1.62. The third-order valence-corrected chi connectivity index (χ3v) is 10.5. The smallest absolute Gasteiger partial charge is 0.326 e. The zero-order chi connectivity index (χ0) is 37.4. The van der Waals surface area contributed by atoms with Gasteiger partial charge in [-0.15, -0.1) is 0 Å². The van der Waals surface area contributed by atoms with Crippen LogP contribution in [0.5, 0.6) is 5.75 Å². The van der Waals surface area contributed by atoms with E-state index in [-0.39, 0.29) is 30.5 Å². The number of nitrogens with zero attached hydrogens (tertiary/aromatic N) is 5. The zero-order valence-corrected chi connectivity index (χ0v) is 32.4. The molecule has 0 radical (unpaired) electrons. The number of halogens is 2. The molecule has 51 heavy (non-hydrogen) atoms. The lowest BCUT2D eigenvalue weighted by molar-refractivity contribution is -0.124. The van der Waals surface area contributed by atoms with Crippen molar-refractivity contribution in [2.45, 2.75) is 77.4 Å². The van der Waals surface area contributed by atoms with Crippen molar-refractivity contribution in [3.8, 4) is 5.75 Å². The molecule has 0 unspecified atom stereocenters. The summed E-state index contributed by atoms with van der Waals surface area (Å²) in [5.74, 6) is 0.861.